The number of fused-ring (bicyclic) bond motifs is 5. The zero-order valence-electron chi connectivity index (χ0n) is 19.7. The van der Waals surface area contributed by atoms with Gasteiger partial charge in [0.25, 0.3) is 10.1 Å². The van der Waals surface area contributed by atoms with Crippen molar-refractivity contribution in [3.8, 4) is 0 Å². The average Bonchev–Trinajstić information content (AvgIpc) is 3.03. The number of aliphatic hydroxyl groups excluding tert-OH is 2. The molecular formula is C25H44O5S. The van der Waals surface area contributed by atoms with Crippen LogP contribution in [0.15, 0.2) is 0 Å². The van der Waals surface area contributed by atoms with Crippen molar-refractivity contribution in [3.63, 3.8) is 0 Å². The zero-order valence-corrected chi connectivity index (χ0v) is 20.5. The highest BCUT2D eigenvalue weighted by molar-refractivity contribution is 7.85. The number of hydrogen-bond acceptors (Lipinski definition) is 4. The van der Waals surface area contributed by atoms with E-state index >= 15 is 0 Å². The van der Waals surface area contributed by atoms with E-state index in [9.17, 15) is 18.6 Å². The molecular weight excluding hydrogens is 412 g/mol. The van der Waals surface area contributed by atoms with Gasteiger partial charge in [0.05, 0.1) is 18.0 Å². The first-order valence-electron chi connectivity index (χ1n) is 12.8. The van der Waals surface area contributed by atoms with Crippen molar-refractivity contribution < 1.29 is 23.2 Å². The second-order valence-corrected chi connectivity index (χ2v) is 13.8. The van der Waals surface area contributed by atoms with Gasteiger partial charge in [-0.15, -0.1) is 0 Å². The summed E-state index contributed by atoms with van der Waals surface area (Å²) in [5.41, 5.74) is 0.534. The molecule has 4 aliphatic carbocycles. The molecule has 6 heteroatoms. The van der Waals surface area contributed by atoms with Gasteiger partial charge >= 0.3 is 0 Å². The fraction of sp³-hybridized carbons (Fsp3) is 1.00. The van der Waals surface area contributed by atoms with E-state index in [-0.39, 0.29) is 28.8 Å². The largest absolute Gasteiger partial charge is 0.393 e. The van der Waals surface area contributed by atoms with Crippen molar-refractivity contribution in [2.45, 2.75) is 104 Å². The Bertz CT molecular complexity index is 753. The first-order valence-corrected chi connectivity index (χ1v) is 14.4. The predicted octanol–water partition coefficient (Wildman–Crippen LogP) is 4.67. The lowest BCUT2D eigenvalue weighted by Crippen LogP contribution is -2.58. The summed E-state index contributed by atoms with van der Waals surface area (Å²) in [6.07, 6.45) is 10.6. The summed E-state index contributed by atoms with van der Waals surface area (Å²) in [7, 11) is -3.85. The van der Waals surface area contributed by atoms with Gasteiger partial charge in [-0.25, -0.2) is 0 Å². The van der Waals surface area contributed by atoms with E-state index in [1.165, 1.54) is 25.7 Å². The highest BCUT2D eigenvalue weighted by Crippen LogP contribution is 2.68. The topological polar surface area (TPSA) is 94.8 Å². The van der Waals surface area contributed by atoms with E-state index in [2.05, 4.69) is 20.8 Å². The van der Waals surface area contributed by atoms with Crippen LogP contribution in [0.5, 0.6) is 0 Å². The average molecular weight is 457 g/mol. The smallest absolute Gasteiger partial charge is 0.264 e. The standard InChI is InChI=1S/C25H44O5S/c1-16(6-4-5-13-31(28,29)30)19-7-8-20-23-21(10-12-25(19,20)3)24(2)11-9-18(26)14-17(24)15-22(23)27/h16-23,26-27H,4-15H2,1-3H3,(H,28,29,30). The lowest BCUT2D eigenvalue weighted by molar-refractivity contribution is -0.174. The summed E-state index contributed by atoms with van der Waals surface area (Å²) in [4.78, 5) is 0. The minimum absolute atomic E-state index is 0.130. The fourth-order valence-electron chi connectivity index (χ4n) is 9.13. The van der Waals surface area contributed by atoms with Gasteiger partial charge in [-0.1, -0.05) is 33.6 Å². The Balaban J connectivity index is 1.45. The van der Waals surface area contributed by atoms with Crippen LogP contribution >= 0.6 is 0 Å². The minimum atomic E-state index is -3.85. The van der Waals surface area contributed by atoms with Gasteiger partial charge in [0, 0.05) is 0 Å². The van der Waals surface area contributed by atoms with Crippen molar-refractivity contribution in [1.29, 1.82) is 0 Å². The van der Waals surface area contributed by atoms with E-state index in [1.807, 2.05) is 0 Å². The molecule has 0 bridgehead atoms. The van der Waals surface area contributed by atoms with Gasteiger partial charge in [-0.2, -0.15) is 8.42 Å². The molecule has 180 valence electrons. The Morgan fingerprint density at radius 2 is 1.61 bits per heavy atom. The summed E-state index contributed by atoms with van der Waals surface area (Å²) in [6.45, 7) is 7.26. The second kappa shape index (κ2) is 8.56. The monoisotopic (exact) mass is 456 g/mol. The Morgan fingerprint density at radius 1 is 0.935 bits per heavy atom. The maximum Gasteiger partial charge on any atom is 0.264 e. The van der Waals surface area contributed by atoms with Gasteiger partial charge in [-0.05, 0) is 104 Å². The predicted molar refractivity (Wildman–Crippen MR) is 122 cm³/mol. The fourth-order valence-corrected chi connectivity index (χ4v) is 9.70. The number of unbranched alkanes of at least 4 members (excludes halogenated alkanes) is 1. The lowest BCUT2D eigenvalue weighted by Gasteiger charge is -2.62. The van der Waals surface area contributed by atoms with E-state index in [1.54, 1.807) is 0 Å². The number of rotatable bonds is 6. The SMILES string of the molecule is CC(CCCCS(=O)(=O)O)C1CCC2C3C(O)CC4CC(O)CCC4(C)C3CCC12C. The Hall–Kier alpha value is -0.170. The summed E-state index contributed by atoms with van der Waals surface area (Å²) >= 11 is 0. The van der Waals surface area contributed by atoms with Gasteiger partial charge in [0.2, 0.25) is 0 Å². The van der Waals surface area contributed by atoms with E-state index < -0.39 is 10.1 Å². The molecule has 0 aliphatic heterocycles. The molecule has 0 aromatic rings. The first-order chi connectivity index (χ1) is 14.5. The van der Waals surface area contributed by atoms with Crippen molar-refractivity contribution in [3.05, 3.63) is 0 Å². The summed E-state index contributed by atoms with van der Waals surface area (Å²) in [6, 6.07) is 0. The van der Waals surface area contributed by atoms with E-state index in [0.717, 1.165) is 38.5 Å². The molecule has 10 unspecified atom stereocenters. The number of hydrogen-bond donors (Lipinski definition) is 3. The van der Waals surface area contributed by atoms with Crippen LogP contribution in [0.3, 0.4) is 0 Å². The van der Waals surface area contributed by atoms with E-state index in [0.29, 0.717) is 41.9 Å². The Morgan fingerprint density at radius 3 is 2.32 bits per heavy atom. The minimum Gasteiger partial charge on any atom is -0.393 e. The number of aliphatic hydroxyl groups is 2. The second-order valence-electron chi connectivity index (χ2n) is 12.2. The summed E-state index contributed by atoms with van der Waals surface area (Å²) in [5, 5.41) is 21.6. The van der Waals surface area contributed by atoms with Crippen LogP contribution in [0.4, 0.5) is 0 Å². The highest BCUT2D eigenvalue weighted by atomic mass is 32.2. The third-order valence-electron chi connectivity index (χ3n) is 10.7. The van der Waals surface area contributed by atoms with Gasteiger partial charge in [-0.3, -0.25) is 4.55 Å². The van der Waals surface area contributed by atoms with Gasteiger partial charge < -0.3 is 10.2 Å². The molecule has 31 heavy (non-hydrogen) atoms. The molecule has 4 saturated carbocycles. The molecule has 0 amide bonds. The van der Waals surface area contributed by atoms with Crippen molar-refractivity contribution in [2.24, 2.45) is 46.3 Å². The normalized spacial score (nSPS) is 48.5. The van der Waals surface area contributed by atoms with Crippen molar-refractivity contribution in [2.75, 3.05) is 5.75 Å². The maximum absolute atomic E-state index is 11.3. The Kier molecular flexibility index (Phi) is 6.62. The molecule has 3 N–H and O–H groups in total. The van der Waals surface area contributed by atoms with Crippen LogP contribution in [0, 0.1) is 46.3 Å². The summed E-state index contributed by atoms with van der Waals surface area (Å²) in [5.74, 6) is 3.06. The molecule has 0 saturated heterocycles. The lowest BCUT2D eigenvalue weighted by atomic mass is 9.43. The molecule has 0 heterocycles. The molecule has 4 rings (SSSR count). The van der Waals surface area contributed by atoms with Gasteiger partial charge in [0.1, 0.15) is 0 Å². The molecule has 0 aromatic carbocycles. The van der Waals surface area contributed by atoms with Crippen LogP contribution in [0.25, 0.3) is 0 Å². The van der Waals surface area contributed by atoms with Crippen molar-refractivity contribution >= 4 is 10.1 Å². The highest BCUT2D eigenvalue weighted by Gasteiger charge is 2.62. The van der Waals surface area contributed by atoms with E-state index in [4.69, 9.17) is 4.55 Å². The van der Waals surface area contributed by atoms with Crippen LogP contribution < -0.4 is 0 Å². The maximum atomic E-state index is 11.3. The first kappa shape index (κ1) is 24.0. The molecule has 0 aromatic heterocycles. The van der Waals surface area contributed by atoms with Crippen LogP contribution in [-0.2, 0) is 10.1 Å². The quantitative estimate of drug-likeness (QED) is 0.399. The third-order valence-corrected chi connectivity index (χ3v) is 11.5. The third kappa shape index (κ3) is 4.36. The summed E-state index contributed by atoms with van der Waals surface area (Å²) < 4.78 is 31.0. The van der Waals surface area contributed by atoms with Crippen LogP contribution in [0.2, 0.25) is 0 Å². The van der Waals surface area contributed by atoms with Crippen molar-refractivity contribution in [1.82, 2.24) is 0 Å². The molecule has 4 aliphatic rings. The Labute approximate surface area is 189 Å². The zero-order chi connectivity index (χ0) is 22.6. The molecule has 5 nitrogen and oxygen atoms in total. The molecule has 4 fully saturated rings. The van der Waals surface area contributed by atoms with Crippen LogP contribution in [0.1, 0.15) is 91.4 Å². The molecule has 0 radical (unpaired) electrons. The van der Waals surface area contributed by atoms with Crippen LogP contribution in [-0.4, -0.2) is 41.1 Å². The molecule has 10 atom stereocenters. The molecule has 0 spiro atoms. The van der Waals surface area contributed by atoms with Gasteiger partial charge in [0.15, 0.2) is 0 Å².